The van der Waals surface area contributed by atoms with Gasteiger partial charge in [-0.2, -0.15) is 0 Å². The minimum atomic E-state index is -0.368. The molecule has 0 aliphatic carbocycles. The summed E-state index contributed by atoms with van der Waals surface area (Å²) in [5.41, 5.74) is 0.569. The molecular formula is C10H13NO2S. The normalized spacial score (nSPS) is 14.8. The number of pyridine rings is 1. The van der Waals surface area contributed by atoms with E-state index in [1.54, 1.807) is 19.1 Å². The summed E-state index contributed by atoms with van der Waals surface area (Å²) < 4.78 is 0. The Bertz CT molecular complexity index is 297. The molecule has 0 aliphatic rings. The predicted octanol–water partition coefficient (Wildman–Crippen LogP) is 1.76. The first-order valence-corrected chi connectivity index (χ1v) is 5.27. The first-order chi connectivity index (χ1) is 6.63. The molecule has 1 aromatic rings. The zero-order chi connectivity index (χ0) is 10.6. The van der Waals surface area contributed by atoms with Crippen LogP contribution >= 0.6 is 11.8 Å². The molecule has 0 saturated heterocycles. The molecule has 2 atom stereocenters. The maximum absolute atomic E-state index is 10.4. The van der Waals surface area contributed by atoms with Crippen LogP contribution < -0.4 is 0 Å². The van der Waals surface area contributed by atoms with Crippen LogP contribution in [0.25, 0.3) is 0 Å². The third-order valence-electron chi connectivity index (χ3n) is 1.88. The van der Waals surface area contributed by atoms with Gasteiger partial charge in [0.25, 0.3) is 0 Å². The van der Waals surface area contributed by atoms with Crippen LogP contribution in [0.1, 0.15) is 24.2 Å². The molecule has 0 amide bonds. The van der Waals surface area contributed by atoms with Crippen LogP contribution in [0.5, 0.6) is 0 Å². The van der Waals surface area contributed by atoms with Gasteiger partial charge in [0.2, 0.25) is 0 Å². The van der Waals surface area contributed by atoms with Gasteiger partial charge >= 0.3 is 0 Å². The second-order valence-corrected chi connectivity index (χ2v) is 4.51. The highest BCUT2D eigenvalue weighted by Gasteiger charge is 2.10. The Hall–Kier alpha value is -0.870. The van der Waals surface area contributed by atoms with Crippen LogP contribution in [0.3, 0.4) is 0 Å². The molecule has 1 heterocycles. The molecule has 0 aliphatic heterocycles. The SMILES string of the molecule is CC(O)C(C)Sc1ccc(C=O)cn1. The van der Waals surface area contributed by atoms with Gasteiger partial charge in [-0.3, -0.25) is 4.79 Å². The van der Waals surface area contributed by atoms with E-state index in [2.05, 4.69) is 4.98 Å². The molecular weight excluding hydrogens is 198 g/mol. The van der Waals surface area contributed by atoms with Gasteiger partial charge in [-0.1, -0.05) is 6.92 Å². The molecule has 0 bridgehead atoms. The lowest BCUT2D eigenvalue weighted by Crippen LogP contribution is -2.15. The molecule has 14 heavy (non-hydrogen) atoms. The van der Waals surface area contributed by atoms with E-state index in [0.29, 0.717) is 5.56 Å². The first kappa shape index (κ1) is 11.2. The largest absolute Gasteiger partial charge is 0.392 e. The van der Waals surface area contributed by atoms with E-state index in [-0.39, 0.29) is 11.4 Å². The van der Waals surface area contributed by atoms with Gasteiger partial charge in [-0.15, -0.1) is 11.8 Å². The monoisotopic (exact) mass is 211 g/mol. The molecule has 0 radical (unpaired) electrons. The number of aliphatic hydroxyl groups excluding tert-OH is 1. The smallest absolute Gasteiger partial charge is 0.151 e. The van der Waals surface area contributed by atoms with Gasteiger partial charge in [0.15, 0.2) is 6.29 Å². The number of hydrogen-bond donors (Lipinski definition) is 1. The summed E-state index contributed by atoms with van der Waals surface area (Å²) >= 11 is 1.49. The number of carbonyl (C=O) groups excluding carboxylic acids is 1. The van der Waals surface area contributed by atoms with Gasteiger partial charge in [-0.25, -0.2) is 4.98 Å². The lowest BCUT2D eigenvalue weighted by atomic mass is 10.3. The van der Waals surface area contributed by atoms with Crippen molar-refractivity contribution in [2.75, 3.05) is 0 Å². The summed E-state index contributed by atoms with van der Waals surface area (Å²) in [7, 11) is 0. The molecule has 1 aromatic heterocycles. The molecule has 76 valence electrons. The Balaban J connectivity index is 2.64. The van der Waals surface area contributed by atoms with Crippen molar-refractivity contribution in [3.8, 4) is 0 Å². The van der Waals surface area contributed by atoms with Gasteiger partial charge in [0.1, 0.15) is 0 Å². The van der Waals surface area contributed by atoms with Crippen LogP contribution in [-0.4, -0.2) is 27.7 Å². The Kier molecular flexibility index (Phi) is 4.10. The van der Waals surface area contributed by atoms with Gasteiger partial charge in [0.05, 0.1) is 11.1 Å². The van der Waals surface area contributed by atoms with Crippen molar-refractivity contribution in [3.05, 3.63) is 23.9 Å². The number of hydrogen-bond acceptors (Lipinski definition) is 4. The molecule has 3 nitrogen and oxygen atoms in total. The minimum Gasteiger partial charge on any atom is -0.392 e. The molecule has 0 aromatic carbocycles. The first-order valence-electron chi connectivity index (χ1n) is 4.39. The Morgan fingerprint density at radius 3 is 2.64 bits per heavy atom. The predicted molar refractivity (Wildman–Crippen MR) is 56.6 cm³/mol. The van der Waals surface area contributed by atoms with Crippen molar-refractivity contribution >= 4 is 18.0 Å². The number of aliphatic hydroxyl groups is 1. The fourth-order valence-electron chi connectivity index (χ4n) is 0.820. The van der Waals surface area contributed by atoms with Crippen LogP contribution in [-0.2, 0) is 0 Å². The molecule has 0 fully saturated rings. The van der Waals surface area contributed by atoms with E-state index in [1.165, 1.54) is 18.0 Å². The van der Waals surface area contributed by atoms with Gasteiger partial charge in [-0.05, 0) is 19.1 Å². The van der Waals surface area contributed by atoms with E-state index >= 15 is 0 Å². The topological polar surface area (TPSA) is 50.2 Å². The summed E-state index contributed by atoms with van der Waals surface area (Å²) in [5, 5.41) is 10.2. The lowest BCUT2D eigenvalue weighted by Gasteiger charge is -2.12. The Labute approximate surface area is 87.6 Å². The number of aromatic nitrogens is 1. The zero-order valence-corrected chi connectivity index (χ0v) is 8.99. The number of thioether (sulfide) groups is 1. The second kappa shape index (κ2) is 5.12. The van der Waals surface area contributed by atoms with Crippen molar-refractivity contribution < 1.29 is 9.90 Å². The number of rotatable bonds is 4. The molecule has 4 heteroatoms. The molecule has 2 unspecified atom stereocenters. The van der Waals surface area contributed by atoms with Crippen LogP contribution in [0, 0.1) is 0 Å². The van der Waals surface area contributed by atoms with E-state index in [4.69, 9.17) is 0 Å². The summed E-state index contributed by atoms with van der Waals surface area (Å²) in [6.07, 6.45) is 1.93. The minimum absolute atomic E-state index is 0.101. The van der Waals surface area contributed by atoms with E-state index in [9.17, 15) is 9.90 Å². The molecule has 1 rings (SSSR count). The van der Waals surface area contributed by atoms with Gasteiger partial charge < -0.3 is 5.11 Å². The van der Waals surface area contributed by atoms with Crippen LogP contribution in [0.4, 0.5) is 0 Å². The van der Waals surface area contributed by atoms with Gasteiger partial charge in [0, 0.05) is 17.0 Å². The van der Waals surface area contributed by atoms with E-state index < -0.39 is 0 Å². The fourth-order valence-corrected chi connectivity index (χ4v) is 1.66. The Morgan fingerprint density at radius 2 is 2.21 bits per heavy atom. The number of nitrogens with zero attached hydrogens (tertiary/aromatic N) is 1. The van der Waals surface area contributed by atoms with Crippen molar-refractivity contribution in [1.29, 1.82) is 0 Å². The zero-order valence-electron chi connectivity index (χ0n) is 8.18. The average Bonchev–Trinajstić information content (AvgIpc) is 2.19. The van der Waals surface area contributed by atoms with Crippen molar-refractivity contribution in [3.63, 3.8) is 0 Å². The summed E-state index contributed by atoms with van der Waals surface area (Å²) in [4.78, 5) is 14.5. The van der Waals surface area contributed by atoms with Crippen molar-refractivity contribution in [2.24, 2.45) is 0 Å². The van der Waals surface area contributed by atoms with E-state index in [0.717, 1.165) is 11.3 Å². The third-order valence-corrected chi connectivity index (χ3v) is 3.13. The number of carbonyl (C=O) groups is 1. The standard InChI is InChI=1S/C10H13NO2S/c1-7(13)8(2)14-10-4-3-9(6-12)5-11-10/h3-8,13H,1-2H3. The third kappa shape index (κ3) is 3.12. The maximum atomic E-state index is 10.4. The van der Waals surface area contributed by atoms with Crippen LogP contribution in [0.2, 0.25) is 0 Å². The highest BCUT2D eigenvalue weighted by atomic mass is 32.2. The molecule has 0 saturated carbocycles. The van der Waals surface area contributed by atoms with E-state index in [1.807, 2.05) is 6.92 Å². The highest BCUT2D eigenvalue weighted by Crippen LogP contribution is 2.22. The quantitative estimate of drug-likeness (QED) is 0.609. The fraction of sp³-hybridized carbons (Fsp3) is 0.400. The Morgan fingerprint density at radius 1 is 1.50 bits per heavy atom. The summed E-state index contributed by atoms with van der Waals surface area (Å²) in [5.74, 6) is 0. The molecule has 1 N–H and O–H groups in total. The second-order valence-electron chi connectivity index (χ2n) is 3.11. The summed E-state index contributed by atoms with van der Waals surface area (Å²) in [6, 6.07) is 3.50. The van der Waals surface area contributed by atoms with Crippen molar-refractivity contribution in [1.82, 2.24) is 4.98 Å². The summed E-state index contributed by atoms with van der Waals surface area (Å²) in [6.45, 7) is 3.68. The molecule has 0 spiro atoms. The highest BCUT2D eigenvalue weighted by molar-refractivity contribution is 7.99. The average molecular weight is 211 g/mol. The van der Waals surface area contributed by atoms with Crippen molar-refractivity contribution in [2.45, 2.75) is 30.2 Å². The maximum Gasteiger partial charge on any atom is 0.151 e. The van der Waals surface area contributed by atoms with Crippen LogP contribution in [0.15, 0.2) is 23.4 Å². The lowest BCUT2D eigenvalue weighted by molar-refractivity contribution is 0.112. The number of aldehydes is 1.